The van der Waals surface area contributed by atoms with Gasteiger partial charge in [-0.2, -0.15) is 0 Å². The van der Waals surface area contributed by atoms with Gasteiger partial charge in [-0.05, 0) is 11.1 Å². The molecule has 0 spiro atoms. The SMILES string of the molecule is C.C.C.C.C.C.c1ccc(-c2ccccc2)cc1. The molecule has 0 heteroatoms. The smallest absolute Gasteiger partial charge is 0.0184 e. The summed E-state index contributed by atoms with van der Waals surface area (Å²) in [5.41, 5.74) is 2.55. The summed E-state index contributed by atoms with van der Waals surface area (Å²) in [4.78, 5) is 0. The van der Waals surface area contributed by atoms with Crippen LogP contribution in [0.15, 0.2) is 60.7 Å². The van der Waals surface area contributed by atoms with Crippen molar-refractivity contribution in [1.29, 1.82) is 0 Å². The van der Waals surface area contributed by atoms with Crippen LogP contribution < -0.4 is 0 Å². The van der Waals surface area contributed by atoms with Crippen molar-refractivity contribution >= 4 is 0 Å². The second-order valence-corrected chi connectivity index (χ2v) is 2.73. The second-order valence-electron chi connectivity index (χ2n) is 2.73. The van der Waals surface area contributed by atoms with Crippen LogP contribution in [-0.4, -0.2) is 0 Å². The highest BCUT2D eigenvalue weighted by Crippen LogP contribution is 2.17. The minimum atomic E-state index is 0. The van der Waals surface area contributed by atoms with Crippen molar-refractivity contribution < 1.29 is 0 Å². The van der Waals surface area contributed by atoms with Crippen LogP contribution in [0.4, 0.5) is 0 Å². The van der Waals surface area contributed by atoms with Crippen LogP contribution in [0.1, 0.15) is 44.6 Å². The third-order valence-electron chi connectivity index (χ3n) is 1.88. The lowest BCUT2D eigenvalue weighted by Gasteiger charge is -1.98. The Balaban J connectivity index is -0.0000000939. The highest BCUT2D eigenvalue weighted by atomic mass is 14.0. The van der Waals surface area contributed by atoms with E-state index in [9.17, 15) is 0 Å². The maximum absolute atomic E-state index is 2.12. The van der Waals surface area contributed by atoms with Crippen LogP contribution in [0.2, 0.25) is 0 Å². The molecule has 0 saturated heterocycles. The molecule has 0 aliphatic heterocycles. The maximum Gasteiger partial charge on any atom is -0.0184 e. The molecule has 0 aromatic heterocycles. The molecule has 106 valence electrons. The average molecular weight is 250 g/mol. The Kier molecular flexibility index (Phi) is 25.7. The summed E-state index contributed by atoms with van der Waals surface area (Å²) in [6.45, 7) is 0. The second kappa shape index (κ2) is 15.4. The zero-order chi connectivity index (χ0) is 8.23. The zero-order valence-electron chi connectivity index (χ0n) is 6.77. The predicted molar refractivity (Wildman–Crippen MR) is 92.3 cm³/mol. The number of hydrogen-bond acceptors (Lipinski definition) is 0. The summed E-state index contributed by atoms with van der Waals surface area (Å²) < 4.78 is 0. The molecule has 2 aromatic rings. The van der Waals surface area contributed by atoms with Crippen LogP contribution in [0, 0.1) is 0 Å². The van der Waals surface area contributed by atoms with Crippen LogP contribution in [0.3, 0.4) is 0 Å². The first-order valence-corrected chi connectivity index (χ1v) is 4.07. The van der Waals surface area contributed by atoms with Gasteiger partial charge in [-0.25, -0.2) is 0 Å². The van der Waals surface area contributed by atoms with Crippen LogP contribution in [0.25, 0.3) is 11.1 Å². The number of rotatable bonds is 1. The summed E-state index contributed by atoms with van der Waals surface area (Å²) in [7, 11) is 0. The highest BCUT2D eigenvalue weighted by molar-refractivity contribution is 5.62. The lowest BCUT2D eigenvalue weighted by atomic mass is 10.1. The third-order valence-corrected chi connectivity index (χ3v) is 1.88. The van der Waals surface area contributed by atoms with Gasteiger partial charge in [-0.1, -0.05) is 105 Å². The van der Waals surface area contributed by atoms with Gasteiger partial charge in [0.2, 0.25) is 0 Å². The molecule has 0 amide bonds. The third kappa shape index (κ3) is 7.67. The summed E-state index contributed by atoms with van der Waals surface area (Å²) in [5.74, 6) is 0. The van der Waals surface area contributed by atoms with Gasteiger partial charge in [-0.3, -0.25) is 0 Å². The quantitative estimate of drug-likeness (QED) is 0.503. The first-order valence-electron chi connectivity index (χ1n) is 4.07. The van der Waals surface area contributed by atoms with Crippen molar-refractivity contribution in [3.63, 3.8) is 0 Å². The van der Waals surface area contributed by atoms with E-state index < -0.39 is 0 Å². The van der Waals surface area contributed by atoms with Crippen molar-refractivity contribution in [1.82, 2.24) is 0 Å². The molecule has 0 fully saturated rings. The molecule has 0 heterocycles. The molecule has 0 aliphatic rings. The Morgan fingerprint density at radius 2 is 0.556 bits per heavy atom. The van der Waals surface area contributed by atoms with E-state index in [4.69, 9.17) is 0 Å². The fraction of sp³-hybridized carbons (Fsp3) is 0.333. The Hall–Kier alpha value is -1.56. The first-order chi connectivity index (χ1) is 5.97. The largest absolute Gasteiger partial charge is 0.0776 e. The molecular formula is C18H34. The molecule has 0 nitrogen and oxygen atoms in total. The summed E-state index contributed by atoms with van der Waals surface area (Å²) in [6, 6.07) is 20.8. The lowest BCUT2D eigenvalue weighted by molar-refractivity contribution is 1.62. The topological polar surface area (TPSA) is 0 Å². The van der Waals surface area contributed by atoms with E-state index in [2.05, 4.69) is 48.5 Å². The van der Waals surface area contributed by atoms with Gasteiger partial charge < -0.3 is 0 Å². The normalized spacial score (nSPS) is 6.44. The molecular weight excluding hydrogens is 216 g/mol. The monoisotopic (exact) mass is 250 g/mol. The van der Waals surface area contributed by atoms with E-state index in [0.717, 1.165) is 0 Å². The van der Waals surface area contributed by atoms with Crippen molar-refractivity contribution in [2.75, 3.05) is 0 Å². The Labute approximate surface area is 117 Å². The van der Waals surface area contributed by atoms with E-state index in [1.807, 2.05) is 12.1 Å². The molecule has 0 saturated carbocycles. The summed E-state index contributed by atoms with van der Waals surface area (Å²) in [6.07, 6.45) is 0. The molecule has 0 radical (unpaired) electrons. The van der Waals surface area contributed by atoms with E-state index >= 15 is 0 Å². The Bertz CT molecular complexity index is 297. The number of hydrogen-bond donors (Lipinski definition) is 0. The fourth-order valence-electron chi connectivity index (χ4n) is 1.26. The molecule has 18 heavy (non-hydrogen) atoms. The minimum Gasteiger partial charge on any atom is -0.0776 e. The molecule has 2 aromatic carbocycles. The van der Waals surface area contributed by atoms with Gasteiger partial charge in [-0.15, -0.1) is 0 Å². The summed E-state index contributed by atoms with van der Waals surface area (Å²) in [5, 5.41) is 0. The first kappa shape index (κ1) is 29.9. The molecule has 0 unspecified atom stereocenters. The number of benzene rings is 2. The zero-order valence-corrected chi connectivity index (χ0v) is 6.77. The van der Waals surface area contributed by atoms with Gasteiger partial charge in [0.05, 0.1) is 0 Å². The van der Waals surface area contributed by atoms with E-state index in [1.54, 1.807) is 0 Å². The standard InChI is InChI=1S/C12H10.6CH4/c1-3-7-11(8-4-1)12-9-5-2-6-10-12;;;;;;/h1-10H;6*1H4. The predicted octanol–water partition coefficient (Wildman–Crippen LogP) is 7.17. The highest BCUT2D eigenvalue weighted by Gasteiger charge is 1.91. The summed E-state index contributed by atoms with van der Waals surface area (Å²) >= 11 is 0. The fourth-order valence-corrected chi connectivity index (χ4v) is 1.26. The van der Waals surface area contributed by atoms with Gasteiger partial charge in [0, 0.05) is 0 Å². The van der Waals surface area contributed by atoms with Crippen molar-refractivity contribution in [2.45, 2.75) is 44.6 Å². The molecule has 0 N–H and O–H groups in total. The van der Waals surface area contributed by atoms with Crippen molar-refractivity contribution in [2.24, 2.45) is 0 Å². The Morgan fingerprint density at radius 1 is 0.333 bits per heavy atom. The van der Waals surface area contributed by atoms with Crippen LogP contribution in [0.5, 0.6) is 0 Å². The van der Waals surface area contributed by atoms with Crippen molar-refractivity contribution in [3.05, 3.63) is 60.7 Å². The molecule has 2 rings (SSSR count). The van der Waals surface area contributed by atoms with Gasteiger partial charge in [0.25, 0.3) is 0 Å². The van der Waals surface area contributed by atoms with Crippen molar-refractivity contribution in [3.8, 4) is 11.1 Å². The van der Waals surface area contributed by atoms with E-state index in [1.165, 1.54) is 11.1 Å². The van der Waals surface area contributed by atoms with E-state index in [0.29, 0.717) is 0 Å². The minimum absolute atomic E-state index is 0. The molecule has 0 aliphatic carbocycles. The van der Waals surface area contributed by atoms with Gasteiger partial charge in [0.1, 0.15) is 0 Å². The average Bonchev–Trinajstić information content (AvgIpc) is 2.21. The Morgan fingerprint density at radius 3 is 0.778 bits per heavy atom. The van der Waals surface area contributed by atoms with Crippen LogP contribution >= 0.6 is 0 Å². The van der Waals surface area contributed by atoms with E-state index in [-0.39, 0.29) is 44.6 Å². The maximum atomic E-state index is 2.12. The molecule has 0 bridgehead atoms. The van der Waals surface area contributed by atoms with Gasteiger partial charge >= 0.3 is 0 Å². The molecule has 0 atom stereocenters. The lowest BCUT2D eigenvalue weighted by Crippen LogP contribution is -1.73. The van der Waals surface area contributed by atoms with Gasteiger partial charge in [0.15, 0.2) is 0 Å². The van der Waals surface area contributed by atoms with Crippen LogP contribution in [-0.2, 0) is 0 Å².